The molecule has 0 saturated heterocycles. The van der Waals surface area contributed by atoms with Crippen LogP contribution in [0.3, 0.4) is 0 Å². The summed E-state index contributed by atoms with van der Waals surface area (Å²) in [7, 11) is 1.53. The fourth-order valence-electron chi connectivity index (χ4n) is 2.21. The van der Waals surface area contributed by atoms with Crippen LogP contribution in [-0.2, 0) is 9.59 Å². The smallest absolute Gasteiger partial charge is 0.258 e. The molecule has 0 aliphatic heterocycles. The molecule has 2 amide bonds. The summed E-state index contributed by atoms with van der Waals surface area (Å²) in [6, 6.07) is 12.1. The zero-order chi connectivity index (χ0) is 19.6. The van der Waals surface area contributed by atoms with E-state index in [9.17, 15) is 9.59 Å². The third-order valence-corrected chi connectivity index (χ3v) is 3.73. The Morgan fingerprint density at radius 3 is 2.48 bits per heavy atom. The number of benzene rings is 2. The topological polar surface area (TPSA) is 76.7 Å². The number of hydrogen-bond donors (Lipinski definition) is 2. The fraction of sp³-hybridized carbons (Fsp3) is 0.200. The van der Waals surface area contributed by atoms with Gasteiger partial charge in [0.25, 0.3) is 5.91 Å². The number of ether oxygens (including phenoxy) is 2. The second-order valence-corrected chi connectivity index (χ2v) is 5.97. The molecule has 0 aliphatic rings. The first kappa shape index (κ1) is 20.3. The number of anilines is 1. The minimum atomic E-state index is -0.416. The Balaban J connectivity index is 1.80. The average Bonchev–Trinajstić information content (AvgIpc) is 2.67. The lowest BCUT2D eigenvalue weighted by Gasteiger charge is -2.11. The Hall–Kier alpha value is -2.99. The monoisotopic (exact) mass is 388 g/mol. The van der Waals surface area contributed by atoms with Crippen molar-refractivity contribution in [3.63, 3.8) is 0 Å². The van der Waals surface area contributed by atoms with Crippen molar-refractivity contribution >= 4 is 35.2 Å². The van der Waals surface area contributed by atoms with Gasteiger partial charge in [-0.15, -0.1) is 0 Å². The molecule has 0 saturated carbocycles. The standard InChI is InChI=1S/C20H21ClN2O4/c1-3-4-14-5-10-17(18(11-14)26-2)27-13-20(25)22-12-19(24)23-16-8-6-15(21)7-9-16/h3-11H,12-13H2,1-2H3,(H,22,25)(H,23,24)/b4-3+. The molecule has 6 nitrogen and oxygen atoms in total. The number of rotatable bonds is 8. The number of carbonyl (C=O) groups excluding carboxylic acids is 2. The molecular weight excluding hydrogens is 368 g/mol. The highest BCUT2D eigenvalue weighted by molar-refractivity contribution is 6.30. The van der Waals surface area contributed by atoms with Crippen molar-refractivity contribution in [1.82, 2.24) is 5.32 Å². The van der Waals surface area contributed by atoms with E-state index in [1.165, 1.54) is 7.11 Å². The highest BCUT2D eigenvalue weighted by atomic mass is 35.5. The van der Waals surface area contributed by atoms with Crippen molar-refractivity contribution in [2.75, 3.05) is 25.6 Å². The Morgan fingerprint density at radius 1 is 1.07 bits per heavy atom. The van der Waals surface area contributed by atoms with Crippen molar-refractivity contribution in [3.8, 4) is 11.5 Å². The van der Waals surface area contributed by atoms with Crippen LogP contribution in [0, 0.1) is 0 Å². The lowest BCUT2D eigenvalue weighted by Crippen LogP contribution is -2.35. The molecular formula is C20H21ClN2O4. The Morgan fingerprint density at radius 2 is 1.81 bits per heavy atom. The van der Waals surface area contributed by atoms with Crippen molar-refractivity contribution < 1.29 is 19.1 Å². The molecule has 0 radical (unpaired) electrons. The van der Waals surface area contributed by atoms with Crippen LogP contribution in [0.4, 0.5) is 5.69 Å². The van der Waals surface area contributed by atoms with Crippen LogP contribution >= 0.6 is 11.6 Å². The summed E-state index contributed by atoms with van der Waals surface area (Å²) < 4.78 is 10.8. The van der Waals surface area contributed by atoms with Gasteiger partial charge in [-0.1, -0.05) is 29.8 Å². The van der Waals surface area contributed by atoms with Crippen molar-refractivity contribution in [3.05, 3.63) is 59.1 Å². The maximum atomic E-state index is 11.9. The molecule has 0 heterocycles. The van der Waals surface area contributed by atoms with Crippen LogP contribution in [0.25, 0.3) is 6.08 Å². The molecule has 2 aromatic carbocycles. The highest BCUT2D eigenvalue weighted by Crippen LogP contribution is 2.28. The number of methoxy groups -OCH3 is 1. The largest absolute Gasteiger partial charge is 0.493 e. The SMILES string of the molecule is C/C=C/c1ccc(OCC(=O)NCC(=O)Nc2ccc(Cl)cc2)c(OC)c1. The number of allylic oxidation sites excluding steroid dienone is 1. The summed E-state index contributed by atoms with van der Waals surface area (Å²) in [4.78, 5) is 23.8. The Bertz CT molecular complexity index is 819. The van der Waals surface area contributed by atoms with Gasteiger partial charge in [-0.3, -0.25) is 9.59 Å². The van der Waals surface area contributed by atoms with E-state index in [0.717, 1.165) is 5.56 Å². The van der Waals surface area contributed by atoms with Crippen LogP contribution < -0.4 is 20.1 Å². The minimum absolute atomic E-state index is 0.164. The van der Waals surface area contributed by atoms with Crippen LogP contribution in [0.1, 0.15) is 12.5 Å². The summed E-state index contributed by atoms with van der Waals surface area (Å²) in [5.41, 5.74) is 1.56. The summed E-state index contributed by atoms with van der Waals surface area (Å²) in [5, 5.41) is 5.73. The molecule has 2 N–H and O–H groups in total. The normalized spacial score (nSPS) is 10.5. The van der Waals surface area contributed by atoms with Crippen LogP contribution in [0.2, 0.25) is 5.02 Å². The Kier molecular flexibility index (Phi) is 7.70. The Labute approximate surface area is 163 Å². The van der Waals surface area contributed by atoms with E-state index in [1.807, 2.05) is 31.2 Å². The first-order valence-corrected chi connectivity index (χ1v) is 8.65. The lowest BCUT2D eigenvalue weighted by molar-refractivity contribution is -0.125. The van der Waals surface area contributed by atoms with Crippen LogP contribution in [-0.4, -0.2) is 32.1 Å². The maximum absolute atomic E-state index is 11.9. The third-order valence-electron chi connectivity index (χ3n) is 3.48. The summed E-state index contributed by atoms with van der Waals surface area (Å²) in [6.07, 6.45) is 3.84. The second kappa shape index (κ2) is 10.2. The van der Waals surface area contributed by atoms with E-state index in [-0.39, 0.29) is 19.1 Å². The van der Waals surface area contributed by atoms with Crippen molar-refractivity contribution in [1.29, 1.82) is 0 Å². The van der Waals surface area contributed by atoms with E-state index >= 15 is 0 Å². The molecule has 0 bridgehead atoms. The maximum Gasteiger partial charge on any atom is 0.258 e. The third kappa shape index (κ3) is 6.67. The van der Waals surface area contributed by atoms with Gasteiger partial charge in [-0.2, -0.15) is 0 Å². The lowest BCUT2D eigenvalue weighted by atomic mass is 10.2. The summed E-state index contributed by atoms with van der Waals surface area (Å²) in [5.74, 6) is 0.213. The number of carbonyl (C=O) groups is 2. The molecule has 0 atom stereocenters. The predicted octanol–water partition coefficient (Wildman–Crippen LogP) is 3.52. The van der Waals surface area contributed by atoms with Crippen LogP contribution in [0.15, 0.2) is 48.5 Å². The van der Waals surface area contributed by atoms with Gasteiger partial charge in [0, 0.05) is 10.7 Å². The van der Waals surface area contributed by atoms with Gasteiger partial charge in [0.15, 0.2) is 18.1 Å². The van der Waals surface area contributed by atoms with E-state index in [1.54, 1.807) is 30.3 Å². The van der Waals surface area contributed by atoms with Gasteiger partial charge in [0.2, 0.25) is 5.91 Å². The van der Waals surface area contributed by atoms with Crippen LogP contribution in [0.5, 0.6) is 11.5 Å². The van der Waals surface area contributed by atoms with E-state index in [0.29, 0.717) is 22.2 Å². The number of halogens is 1. The van der Waals surface area contributed by atoms with Crippen molar-refractivity contribution in [2.45, 2.75) is 6.92 Å². The molecule has 0 spiro atoms. The molecule has 142 valence electrons. The molecule has 0 aromatic heterocycles. The number of amides is 2. The molecule has 2 rings (SSSR count). The predicted molar refractivity (Wildman–Crippen MR) is 106 cm³/mol. The quantitative estimate of drug-likeness (QED) is 0.725. The van der Waals surface area contributed by atoms with Gasteiger partial charge in [-0.05, 0) is 48.9 Å². The molecule has 7 heteroatoms. The summed E-state index contributed by atoms with van der Waals surface area (Å²) in [6.45, 7) is 1.53. The second-order valence-electron chi connectivity index (χ2n) is 5.53. The van der Waals surface area contributed by atoms with Gasteiger partial charge < -0.3 is 20.1 Å². The molecule has 0 aliphatic carbocycles. The first-order chi connectivity index (χ1) is 13.0. The molecule has 0 fully saturated rings. The van der Waals surface area contributed by atoms with E-state index in [2.05, 4.69) is 10.6 Å². The van der Waals surface area contributed by atoms with Gasteiger partial charge in [-0.25, -0.2) is 0 Å². The van der Waals surface area contributed by atoms with E-state index < -0.39 is 5.91 Å². The zero-order valence-electron chi connectivity index (χ0n) is 15.1. The zero-order valence-corrected chi connectivity index (χ0v) is 15.9. The molecule has 27 heavy (non-hydrogen) atoms. The van der Waals surface area contributed by atoms with E-state index in [4.69, 9.17) is 21.1 Å². The number of hydrogen-bond acceptors (Lipinski definition) is 4. The fourth-order valence-corrected chi connectivity index (χ4v) is 2.34. The van der Waals surface area contributed by atoms with Gasteiger partial charge >= 0.3 is 0 Å². The average molecular weight is 389 g/mol. The summed E-state index contributed by atoms with van der Waals surface area (Å²) >= 11 is 5.79. The first-order valence-electron chi connectivity index (χ1n) is 8.27. The highest BCUT2D eigenvalue weighted by Gasteiger charge is 2.10. The molecule has 0 unspecified atom stereocenters. The molecule has 2 aromatic rings. The van der Waals surface area contributed by atoms with Gasteiger partial charge in [0.05, 0.1) is 13.7 Å². The van der Waals surface area contributed by atoms with Crippen molar-refractivity contribution in [2.24, 2.45) is 0 Å². The minimum Gasteiger partial charge on any atom is -0.493 e. The number of nitrogens with one attached hydrogen (secondary N) is 2. The van der Waals surface area contributed by atoms with Gasteiger partial charge in [0.1, 0.15) is 0 Å².